The first-order chi connectivity index (χ1) is 7.95. The summed E-state index contributed by atoms with van der Waals surface area (Å²) in [7, 11) is 1.73. The van der Waals surface area contributed by atoms with E-state index in [0.29, 0.717) is 12.3 Å². The lowest BCUT2D eigenvalue weighted by atomic mass is 9.92. The third-order valence-corrected chi connectivity index (χ3v) is 3.13. The normalized spacial score (nSPS) is 18.4. The molecule has 0 aromatic heterocycles. The zero-order chi connectivity index (χ0) is 12.6. The second-order valence-electron chi connectivity index (χ2n) is 4.55. The van der Waals surface area contributed by atoms with Gasteiger partial charge >= 0.3 is 0 Å². The molecule has 0 aliphatic carbocycles. The van der Waals surface area contributed by atoms with Crippen LogP contribution >= 0.6 is 0 Å². The highest BCUT2D eigenvalue weighted by Crippen LogP contribution is 2.34. The van der Waals surface area contributed by atoms with Gasteiger partial charge in [-0.3, -0.25) is 4.79 Å². The number of fused-ring (bicyclic) bond motifs is 1. The lowest BCUT2D eigenvalue weighted by Gasteiger charge is -2.29. The summed E-state index contributed by atoms with van der Waals surface area (Å²) in [6.07, 6.45) is 0. The number of anilines is 1. The van der Waals surface area contributed by atoms with Crippen LogP contribution in [0.1, 0.15) is 12.5 Å². The number of carbonyl (C=O) groups is 1. The number of carbonyl (C=O) groups excluding carboxylic acids is 1. The molecular weight excluding hydrogens is 218 g/mol. The van der Waals surface area contributed by atoms with E-state index in [0.717, 1.165) is 11.3 Å². The van der Waals surface area contributed by atoms with Gasteiger partial charge in [0.1, 0.15) is 5.75 Å². The van der Waals surface area contributed by atoms with Gasteiger partial charge < -0.3 is 21.1 Å². The third kappa shape index (κ3) is 1.99. The van der Waals surface area contributed by atoms with Crippen LogP contribution in [0.2, 0.25) is 0 Å². The summed E-state index contributed by atoms with van der Waals surface area (Å²) in [4.78, 5) is 13.1. The Morgan fingerprint density at radius 1 is 1.53 bits per heavy atom. The summed E-state index contributed by atoms with van der Waals surface area (Å²) in [6.45, 7) is 2.28. The van der Waals surface area contributed by atoms with E-state index < -0.39 is 5.54 Å². The van der Waals surface area contributed by atoms with Crippen LogP contribution in [0.4, 0.5) is 5.69 Å². The van der Waals surface area contributed by atoms with Crippen molar-refractivity contribution in [2.75, 3.05) is 25.1 Å². The Morgan fingerprint density at radius 3 is 2.88 bits per heavy atom. The van der Waals surface area contributed by atoms with Crippen molar-refractivity contribution < 1.29 is 9.53 Å². The number of likely N-dealkylation sites (N-methyl/N-ethyl adjacent to an activating group) is 1. The van der Waals surface area contributed by atoms with Crippen molar-refractivity contribution in [3.8, 4) is 5.75 Å². The fourth-order valence-electron chi connectivity index (χ4n) is 1.75. The van der Waals surface area contributed by atoms with E-state index in [1.807, 2.05) is 25.1 Å². The van der Waals surface area contributed by atoms with E-state index in [9.17, 15) is 4.79 Å². The highest BCUT2D eigenvalue weighted by atomic mass is 16.5. The van der Waals surface area contributed by atoms with Crippen LogP contribution in [0, 0.1) is 0 Å². The molecule has 1 aromatic carbocycles. The quantitative estimate of drug-likeness (QED) is 0.766. The minimum absolute atomic E-state index is 0.0684. The van der Waals surface area contributed by atoms with Gasteiger partial charge in [0.25, 0.3) is 5.91 Å². The molecule has 5 heteroatoms. The fourth-order valence-corrected chi connectivity index (χ4v) is 1.75. The number of hydrogen-bond acceptors (Lipinski definition) is 4. The van der Waals surface area contributed by atoms with Crippen molar-refractivity contribution in [2.24, 2.45) is 11.5 Å². The number of ether oxygens (including phenoxy) is 1. The first-order valence-electron chi connectivity index (χ1n) is 5.48. The smallest absolute Gasteiger partial charge is 0.264 e. The Kier molecular flexibility index (Phi) is 2.81. The zero-order valence-corrected chi connectivity index (χ0v) is 10.1. The molecule has 5 nitrogen and oxygen atoms in total. The third-order valence-electron chi connectivity index (χ3n) is 3.13. The molecule has 0 saturated carbocycles. The first kappa shape index (κ1) is 11.9. The Labute approximate surface area is 100 Å². The standard InChI is InChI=1S/C12H17N3O2/c1-12(14,7-13)8-3-4-10-9(5-8)15(2)11(16)6-17-10/h3-5H,6-7,13-14H2,1-2H3. The van der Waals surface area contributed by atoms with Gasteiger partial charge in [-0.15, -0.1) is 0 Å². The van der Waals surface area contributed by atoms with Crippen molar-refractivity contribution in [2.45, 2.75) is 12.5 Å². The Hall–Kier alpha value is -1.59. The van der Waals surface area contributed by atoms with Gasteiger partial charge in [0.05, 0.1) is 11.2 Å². The maximum absolute atomic E-state index is 11.5. The predicted molar refractivity (Wildman–Crippen MR) is 65.9 cm³/mol. The summed E-state index contributed by atoms with van der Waals surface area (Å²) < 4.78 is 5.34. The summed E-state index contributed by atoms with van der Waals surface area (Å²) >= 11 is 0. The number of amides is 1. The molecule has 1 atom stereocenters. The van der Waals surface area contributed by atoms with Crippen LogP contribution in [0.3, 0.4) is 0 Å². The number of rotatable bonds is 2. The van der Waals surface area contributed by atoms with E-state index in [1.54, 1.807) is 11.9 Å². The highest BCUT2D eigenvalue weighted by molar-refractivity contribution is 5.97. The molecule has 0 spiro atoms. The van der Waals surface area contributed by atoms with Crippen molar-refractivity contribution >= 4 is 11.6 Å². The first-order valence-corrected chi connectivity index (χ1v) is 5.48. The van der Waals surface area contributed by atoms with Gasteiger partial charge in [-0.25, -0.2) is 0 Å². The molecule has 0 bridgehead atoms. The van der Waals surface area contributed by atoms with Crippen LogP contribution < -0.4 is 21.1 Å². The lowest BCUT2D eigenvalue weighted by molar-refractivity contribution is -0.120. The van der Waals surface area contributed by atoms with Gasteiger partial charge in [0, 0.05) is 13.6 Å². The Bertz CT molecular complexity index is 457. The Morgan fingerprint density at radius 2 is 2.24 bits per heavy atom. The molecule has 4 N–H and O–H groups in total. The molecule has 1 unspecified atom stereocenters. The predicted octanol–water partition coefficient (Wildman–Crippen LogP) is 0.174. The minimum atomic E-state index is -0.601. The summed E-state index contributed by atoms with van der Waals surface area (Å²) in [5.41, 5.74) is 12.8. The summed E-state index contributed by atoms with van der Waals surface area (Å²) in [5.74, 6) is 0.629. The molecule has 1 amide bonds. The molecule has 92 valence electrons. The van der Waals surface area contributed by atoms with Gasteiger partial charge in [0.2, 0.25) is 0 Å². The van der Waals surface area contributed by atoms with Gasteiger partial charge in [-0.05, 0) is 24.6 Å². The molecule has 1 aliphatic rings. The van der Waals surface area contributed by atoms with Gasteiger partial charge in [0.15, 0.2) is 6.61 Å². The van der Waals surface area contributed by atoms with Crippen molar-refractivity contribution in [1.82, 2.24) is 0 Å². The molecule has 0 fully saturated rings. The van der Waals surface area contributed by atoms with Crippen molar-refractivity contribution in [3.63, 3.8) is 0 Å². The SMILES string of the molecule is CN1C(=O)COc2ccc(C(C)(N)CN)cc21. The molecular formula is C12H17N3O2. The number of nitrogens with two attached hydrogens (primary N) is 2. The molecule has 0 radical (unpaired) electrons. The average Bonchev–Trinajstić information content (AvgIpc) is 2.33. The number of nitrogens with zero attached hydrogens (tertiary/aromatic N) is 1. The minimum Gasteiger partial charge on any atom is -0.482 e. The maximum Gasteiger partial charge on any atom is 0.264 e. The lowest BCUT2D eigenvalue weighted by Crippen LogP contribution is -2.41. The molecule has 1 aliphatic heterocycles. The summed E-state index contributed by atoms with van der Waals surface area (Å²) in [5, 5.41) is 0. The van der Waals surface area contributed by atoms with Crippen molar-refractivity contribution in [1.29, 1.82) is 0 Å². The second kappa shape index (κ2) is 4.01. The number of benzene rings is 1. The van der Waals surface area contributed by atoms with Crippen molar-refractivity contribution in [3.05, 3.63) is 23.8 Å². The van der Waals surface area contributed by atoms with E-state index >= 15 is 0 Å². The molecule has 2 rings (SSSR count). The average molecular weight is 235 g/mol. The van der Waals surface area contributed by atoms with Gasteiger partial charge in [-0.2, -0.15) is 0 Å². The topological polar surface area (TPSA) is 81.6 Å². The molecule has 1 aromatic rings. The van der Waals surface area contributed by atoms with Crippen LogP contribution in [-0.2, 0) is 10.3 Å². The van der Waals surface area contributed by atoms with E-state index in [-0.39, 0.29) is 12.5 Å². The number of hydrogen-bond donors (Lipinski definition) is 2. The van der Waals surface area contributed by atoms with Gasteiger partial charge in [-0.1, -0.05) is 6.07 Å². The van der Waals surface area contributed by atoms with Crippen LogP contribution in [0.15, 0.2) is 18.2 Å². The Balaban J connectivity index is 2.46. The molecule has 17 heavy (non-hydrogen) atoms. The van der Waals surface area contributed by atoms with Crippen LogP contribution in [-0.4, -0.2) is 26.1 Å². The summed E-state index contributed by atoms with van der Waals surface area (Å²) in [6, 6.07) is 5.57. The zero-order valence-electron chi connectivity index (χ0n) is 10.1. The molecule has 0 saturated heterocycles. The largest absolute Gasteiger partial charge is 0.482 e. The maximum atomic E-state index is 11.5. The molecule has 1 heterocycles. The van der Waals surface area contributed by atoms with Crippen LogP contribution in [0.5, 0.6) is 5.75 Å². The van der Waals surface area contributed by atoms with E-state index in [4.69, 9.17) is 16.2 Å². The second-order valence-corrected chi connectivity index (χ2v) is 4.55. The monoisotopic (exact) mass is 235 g/mol. The van der Waals surface area contributed by atoms with E-state index in [1.165, 1.54) is 0 Å². The fraction of sp³-hybridized carbons (Fsp3) is 0.417. The van der Waals surface area contributed by atoms with Crippen LogP contribution in [0.25, 0.3) is 0 Å². The highest BCUT2D eigenvalue weighted by Gasteiger charge is 2.26. The van der Waals surface area contributed by atoms with E-state index in [2.05, 4.69) is 0 Å².